The van der Waals surface area contributed by atoms with E-state index in [4.69, 9.17) is 4.74 Å². The van der Waals surface area contributed by atoms with Crippen LogP contribution in [0.4, 0.5) is 5.69 Å². The van der Waals surface area contributed by atoms with E-state index >= 15 is 0 Å². The van der Waals surface area contributed by atoms with E-state index in [1.165, 1.54) is 11.3 Å². The van der Waals surface area contributed by atoms with Gasteiger partial charge in [0.25, 0.3) is 0 Å². The number of hydrogen-bond donors (Lipinski definition) is 1. The molecule has 1 heterocycles. The van der Waals surface area contributed by atoms with Crippen molar-refractivity contribution in [1.82, 2.24) is 5.43 Å². The fourth-order valence-electron chi connectivity index (χ4n) is 3.98. The highest BCUT2D eigenvalue weighted by Crippen LogP contribution is 2.30. The molecule has 3 aromatic rings. The number of ether oxygens (including phenoxy) is 1. The first kappa shape index (κ1) is 20.7. The van der Waals surface area contributed by atoms with E-state index in [9.17, 15) is 4.79 Å². The van der Waals surface area contributed by atoms with Gasteiger partial charge in [0.1, 0.15) is 5.75 Å². The van der Waals surface area contributed by atoms with Gasteiger partial charge in [-0.25, -0.2) is 5.43 Å². The van der Waals surface area contributed by atoms with Crippen LogP contribution in [0.2, 0.25) is 0 Å². The van der Waals surface area contributed by atoms with E-state index < -0.39 is 0 Å². The van der Waals surface area contributed by atoms with Gasteiger partial charge in [0.05, 0.1) is 19.7 Å². The average molecular weight is 414 g/mol. The number of para-hydroxylation sites is 1. The summed E-state index contributed by atoms with van der Waals surface area (Å²) in [6, 6.07) is 24.2. The third-order valence-electron chi connectivity index (χ3n) is 5.48. The molecular formula is C26H27N3O2. The Morgan fingerprint density at radius 2 is 1.90 bits per heavy atom. The Morgan fingerprint density at radius 3 is 2.74 bits per heavy atom. The Labute approximate surface area is 183 Å². The number of hydrazone groups is 1. The molecule has 1 aliphatic rings. The number of nitrogens with one attached hydrogen (secondary N) is 1. The molecular weight excluding hydrogens is 386 g/mol. The smallest absolute Gasteiger partial charge is 0.244 e. The molecule has 0 aromatic heterocycles. The van der Waals surface area contributed by atoms with Gasteiger partial charge in [0, 0.05) is 24.3 Å². The molecule has 4 rings (SSSR count). The standard InChI is InChI=1S/C26H27N3O2/c1-31-25-14-13-21(18-27-28-26(30)17-20-8-3-2-4-9-20)16-23(25)19-29-15-7-11-22-10-5-6-12-24(22)29/h2-6,8-10,12-14,16,18H,7,11,15,17,19H2,1H3,(H,28,30)/b27-18-. The van der Waals surface area contributed by atoms with Crippen molar-refractivity contribution in [3.8, 4) is 5.75 Å². The molecule has 0 fully saturated rings. The van der Waals surface area contributed by atoms with Gasteiger partial charge < -0.3 is 9.64 Å². The number of methoxy groups -OCH3 is 1. The molecule has 158 valence electrons. The number of hydrogen-bond acceptors (Lipinski definition) is 4. The van der Waals surface area contributed by atoms with E-state index in [2.05, 4.69) is 45.8 Å². The fraction of sp³-hybridized carbons (Fsp3) is 0.231. The number of aryl methyl sites for hydroxylation is 1. The monoisotopic (exact) mass is 413 g/mol. The summed E-state index contributed by atoms with van der Waals surface area (Å²) in [6.45, 7) is 1.79. The Hall–Kier alpha value is -3.60. The van der Waals surface area contributed by atoms with Gasteiger partial charge in [-0.2, -0.15) is 5.10 Å². The number of rotatable bonds is 7. The minimum absolute atomic E-state index is 0.138. The second-order valence-corrected chi connectivity index (χ2v) is 7.68. The summed E-state index contributed by atoms with van der Waals surface area (Å²) in [6.07, 6.45) is 4.25. The van der Waals surface area contributed by atoms with E-state index in [1.54, 1.807) is 13.3 Å². The summed E-state index contributed by atoms with van der Waals surface area (Å²) >= 11 is 0. The molecule has 1 amide bonds. The van der Waals surface area contributed by atoms with Gasteiger partial charge in [-0.3, -0.25) is 4.79 Å². The zero-order valence-electron chi connectivity index (χ0n) is 17.8. The minimum atomic E-state index is -0.138. The third-order valence-corrected chi connectivity index (χ3v) is 5.48. The van der Waals surface area contributed by atoms with Gasteiger partial charge in [-0.1, -0.05) is 48.5 Å². The Kier molecular flexibility index (Phi) is 6.62. The molecule has 0 radical (unpaired) electrons. The molecule has 0 saturated heterocycles. The second kappa shape index (κ2) is 9.94. The molecule has 0 bridgehead atoms. The summed E-state index contributed by atoms with van der Waals surface area (Å²) in [7, 11) is 1.69. The lowest BCUT2D eigenvalue weighted by Crippen LogP contribution is -2.29. The van der Waals surface area contributed by atoms with Crippen LogP contribution >= 0.6 is 0 Å². The van der Waals surface area contributed by atoms with Gasteiger partial charge in [-0.05, 0) is 53.8 Å². The maximum Gasteiger partial charge on any atom is 0.244 e. The molecule has 0 saturated carbocycles. The summed E-state index contributed by atoms with van der Waals surface area (Å²) in [4.78, 5) is 14.5. The molecule has 0 unspecified atom stereocenters. The van der Waals surface area contributed by atoms with Crippen molar-refractivity contribution in [2.75, 3.05) is 18.6 Å². The summed E-state index contributed by atoms with van der Waals surface area (Å²) in [5, 5.41) is 4.14. The molecule has 1 N–H and O–H groups in total. The summed E-state index contributed by atoms with van der Waals surface area (Å²) in [5.41, 5.74) is 8.28. The van der Waals surface area contributed by atoms with Crippen LogP contribution in [0.1, 0.15) is 28.7 Å². The van der Waals surface area contributed by atoms with Crippen LogP contribution in [-0.4, -0.2) is 25.8 Å². The SMILES string of the molecule is COc1ccc(/C=N\NC(=O)Cc2ccccc2)cc1CN1CCCc2ccccc21. The highest BCUT2D eigenvalue weighted by Gasteiger charge is 2.18. The summed E-state index contributed by atoms with van der Waals surface area (Å²) < 4.78 is 5.60. The lowest BCUT2D eigenvalue weighted by molar-refractivity contribution is -0.120. The molecule has 3 aromatic carbocycles. The van der Waals surface area contributed by atoms with Crippen molar-refractivity contribution < 1.29 is 9.53 Å². The molecule has 0 atom stereocenters. The third kappa shape index (κ3) is 5.31. The molecule has 1 aliphatic heterocycles. The predicted octanol–water partition coefficient (Wildman–Crippen LogP) is 4.34. The first-order valence-corrected chi connectivity index (χ1v) is 10.6. The van der Waals surface area contributed by atoms with Crippen LogP contribution in [0.3, 0.4) is 0 Å². The molecule has 31 heavy (non-hydrogen) atoms. The highest BCUT2D eigenvalue weighted by atomic mass is 16.5. The maximum atomic E-state index is 12.1. The van der Waals surface area contributed by atoms with Crippen molar-refractivity contribution in [2.45, 2.75) is 25.8 Å². The molecule has 5 heteroatoms. The number of fused-ring (bicyclic) bond motifs is 1. The quantitative estimate of drug-likeness (QED) is 0.463. The second-order valence-electron chi connectivity index (χ2n) is 7.68. The van der Waals surface area contributed by atoms with Gasteiger partial charge >= 0.3 is 0 Å². The summed E-state index contributed by atoms with van der Waals surface area (Å²) in [5.74, 6) is 0.717. The van der Waals surface area contributed by atoms with Crippen LogP contribution in [-0.2, 0) is 24.2 Å². The lowest BCUT2D eigenvalue weighted by atomic mass is 10.0. The normalized spacial score (nSPS) is 13.1. The van der Waals surface area contributed by atoms with Crippen LogP contribution in [0.5, 0.6) is 5.75 Å². The van der Waals surface area contributed by atoms with Crippen LogP contribution < -0.4 is 15.1 Å². The molecule has 5 nitrogen and oxygen atoms in total. The zero-order chi connectivity index (χ0) is 21.5. The van der Waals surface area contributed by atoms with E-state index in [-0.39, 0.29) is 5.91 Å². The largest absolute Gasteiger partial charge is 0.496 e. The zero-order valence-corrected chi connectivity index (χ0v) is 17.8. The van der Waals surface area contributed by atoms with Gasteiger partial charge in [0.2, 0.25) is 5.91 Å². The van der Waals surface area contributed by atoms with Crippen molar-refractivity contribution >= 4 is 17.8 Å². The minimum Gasteiger partial charge on any atom is -0.496 e. The predicted molar refractivity (Wildman–Crippen MR) is 125 cm³/mol. The fourth-order valence-corrected chi connectivity index (χ4v) is 3.98. The average Bonchev–Trinajstić information content (AvgIpc) is 2.80. The molecule has 0 spiro atoms. The highest BCUT2D eigenvalue weighted by molar-refractivity contribution is 5.83. The Bertz CT molecular complexity index is 1060. The lowest BCUT2D eigenvalue weighted by Gasteiger charge is -2.31. The van der Waals surface area contributed by atoms with E-state index in [1.807, 2.05) is 42.5 Å². The van der Waals surface area contributed by atoms with Crippen molar-refractivity contribution in [3.05, 3.63) is 95.1 Å². The number of amides is 1. The van der Waals surface area contributed by atoms with E-state index in [0.717, 1.165) is 48.4 Å². The maximum absolute atomic E-state index is 12.1. The number of nitrogens with zero attached hydrogens (tertiary/aromatic N) is 2. The number of carbonyl (C=O) groups excluding carboxylic acids is 1. The van der Waals surface area contributed by atoms with Gasteiger partial charge in [-0.15, -0.1) is 0 Å². The van der Waals surface area contributed by atoms with Crippen LogP contribution in [0.15, 0.2) is 77.9 Å². The number of benzene rings is 3. The van der Waals surface area contributed by atoms with Crippen molar-refractivity contribution in [3.63, 3.8) is 0 Å². The first-order chi connectivity index (χ1) is 15.2. The van der Waals surface area contributed by atoms with Crippen LogP contribution in [0.25, 0.3) is 0 Å². The Balaban J connectivity index is 1.44. The Morgan fingerprint density at radius 1 is 1.10 bits per heavy atom. The van der Waals surface area contributed by atoms with E-state index in [0.29, 0.717) is 6.42 Å². The topological polar surface area (TPSA) is 53.9 Å². The van der Waals surface area contributed by atoms with Gasteiger partial charge in [0.15, 0.2) is 0 Å². The molecule has 0 aliphatic carbocycles. The number of anilines is 1. The van der Waals surface area contributed by atoms with Crippen molar-refractivity contribution in [2.24, 2.45) is 5.10 Å². The van der Waals surface area contributed by atoms with Crippen LogP contribution in [0, 0.1) is 0 Å². The number of carbonyl (C=O) groups is 1. The first-order valence-electron chi connectivity index (χ1n) is 10.6. The van der Waals surface area contributed by atoms with Crippen molar-refractivity contribution in [1.29, 1.82) is 0 Å².